The Balaban J connectivity index is 1.60. The monoisotopic (exact) mass is 315 g/mol. The molecule has 5 nitrogen and oxygen atoms in total. The van der Waals surface area contributed by atoms with Crippen LogP contribution in [0.2, 0.25) is 0 Å². The van der Waals surface area contributed by atoms with Gasteiger partial charge in [0.25, 0.3) is 5.91 Å². The number of carbonyl (C=O) groups is 2. The quantitative estimate of drug-likeness (QED) is 0.938. The highest BCUT2D eigenvalue weighted by Crippen LogP contribution is 2.16. The Hall–Kier alpha value is -2.21. The largest absolute Gasteiger partial charge is 0.339 e. The third kappa shape index (κ3) is 3.17. The fourth-order valence-electron chi connectivity index (χ4n) is 2.51. The molecule has 0 aliphatic carbocycles. The molecule has 1 saturated heterocycles. The van der Waals surface area contributed by atoms with E-state index in [4.69, 9.17) is 0 Å². The second-order valence-electron chi connectivity index (χ2n) is 5.44. The SMILES string of the molecule is Cc1ccc(CN2CCC(NC(=O)c3ccsn3)C2=O)cc1. The minimum atomic E-state index is -0.445. The van der Waals surface area contributed by atoms with Gasteiger partial charge >= 0.3 is 0 Å². The summed E-state index contributed by atoms with van der Waals surface area (Å²) < 4.78 is 3.98. The van der Waals surface area contributed by atoms with Crippen molar-refractivity contribution in [3.63, 3.8) is 0 Å². The summed E-state index contributed by atoms with van der Waals surface area (Å²) in [6.45, 7) is 3.28. The fourth-order valence-corrected chi connectivity index (χ4v) is 3.01. The van der Waals surface area contributed by atoms with Crippen LogP contribution in [0.4, 0.5) is 0 Å². The molecule has 2 amide bonds. The van der Waals surface area contributed by atoms with Gasteiger partial charge in [-0.1, -0.05) is 29.8 Å². The summed E-state index contributed by atoms with van der Waals surface area (Å²) in [6, 6.07) is 9.35. The number of nitrogens with one attached hydrogen (secondary N) is 1. The van der Waals surface area contributed by atoms with E-state index in [1.165, 1.54) is 17.1 Å². The molecule has 114 valence electrons. The summed E-state index contributed by atoms with van der Waals surface area (Å²) in [7, 11) is 0. The lowest BCUT2D eigenvalue weighted by molar-refractivity contribution is -0.129. The maximum Gasteiger partial charge on any atom is 0.271 e. The van der Waals surface area contributed by atoms with Crippen LogP contribution in [0, 0.1) is 6.92 Å². The van der Waals surface area contributed by atoms with Crippen LogP contribution in [-0.4, -0.2) is 33.7 Å². The second-order valence-corrected chi connectivity index (χ2v) is 6.11. The lowest BCUT2D eigenvalue weighted by Crippen LogP contribution is -2.41. The first-order valence-corrected chi connectivity index (χ1v) is 8.03. The van der Waals surface area contributed by atoms with Crippen LogP contribution in [0.3, 0.4) is 0 Å². The molecule has 2 aromatic rings. The van der Waals surface area contributed by atoms with Crippen molar-refractivity contribution in [1.82, 2.24) is 14.6 Å². The number of amides is 2. The van der Waals surface area contributed by atoms with E-state index in [1.807, 2.05) is 31.2 Å². The molecule has 0 radical (unpaired) electrons. The van der Waals surface area contributed by atoms with E-state index >= 15 is 0 Å². The van der Waals surface area contributed by atoms with E-state index < -0.39 is 6.04 Å². The lowest BCUT2D eigenvalue weighted by atomic mass is 10.1. The molecule has 2 heterocycles. The molecule has 1 aliphatic heterocycles. The number of hydrogen-bond donors (Lipinski definition) is 1. The molecule has 1 atom stereocenters. The Kier molecular flexibility index (Phi) is 4.20. The van der Waals surface area contributed by atoms with E-state index in [2.05, 4.69) is 9.69 Å². The van der Waals surface area contributed by atoms with Crippen LogP contribution in [0.5, 0.6) is 0 Å². The first kappa shape index (κ1) is 14.7. The van der Waals surface area contributed by atoms with Crippen LogP contribution in [-0.2, 0) is 11.3 Å². The summed E-state index contributed by atoms with van der Waals surface area (Å²) in [4.78, 5) is 26.1. The van der Waals surface area contributed by atoms with Gasteiger partial charge in [0.05, 0.1) is 0 Å². The summed E-state index contributed by atoms with van der Waals surface area (Å²) in [5.74, 6) is -0.305. The van der Waals surface area contributed by atoms with Gasteiger partial charge in [0.15, 0.2) is 0 Å². The molecule has 1 aromatic carbocycles. The molecule has 0 saturated carbocycles. The molecular formula is C16H17N3O2S. The molecule has 1 fully saturated rings. The third-order valence-corrected chi connectivity index (χ3v) is 4.33. The zero-order chi connectivity index (χ0) is 15.5. The predicted octanol–water partition coefficient (Wildman–Crippen LogP) is 1.98. The number of nitrogens with zero attached hydrogens (tertiary/aromatic N) is 2. The predicted molar refractivity (Wildman–Crippen MR) is 84.6 cm³/mol. The van der Waals surface area contributed by atoms with Crippen LogP contribution in [0.1, 0.15) is 28.0 Å². The molecule has 1 aliphatic rings. The number of aryl methyl sites for hydroxylation is 1. The van der Waals surface area contributed by atoms with Crippen molar-refractivity contribution < 1.29 is 9.59 Å². The van der Waals surface area contributed by atoms with Gasteiger partial charge in [0, 0.05) is 18.5 Å². The first-order valence-electron chi connectivity index (χ1n) is 7.19. The molecule has 1 N–H and O–H groups in total. The van der Waals surface area contributed by atoms with Gasteiger partial charge in [-0.2, -0.15) is 4.37 Å². The summed E-state index contributed by atoms with van der Waals surface area (Å²) in [5, 5.41) is 4.52. The number of carbonyl (C=O) groups excluding carboxylic acids is 2. The van der Waals surface area contributed by atoms with E-state index in [0.717, 1.165) is 5.56 Å². The highest BCUT2D eigenvalue weighted by atomic mass is 32.1. The van der Waals surface area contributed by atoms with E-state index in [9.17, 15) is 9.59 Å². The van der Waals surface area contributed by atoms with Crippen LogP contribution < -0.4 is 5.32 Å². The van der Waals surface area contributed by atoms with Crippen LogP contribution in [0.15, 0.2) is 35.7 Å². The molecule has 1 unspecified atom stereocenters. The molecule has 0 bridgehead atoms. The van der Waals surface area contributed by atoms with Crippen molar-refractivity contribution >= 4 is 23.3 Å². The summed E-state index contributed by atoms with van der Waals surface area (Å²) in [5.41, 5.74) is 2.67. The topological polar surface area (TPSA) is 62.3 Å². The molecule has 1 aromatic heterocycles. The Morgan fingerprint density at radius 1 is 1.36 bits per heavy atom. The van der Waals surface area contributed by atoms with Crippen molar-refractivity contribution in [3.05, 3.63) is 52.5 Å². The summed E-state index contributed by atoms with van der Waals surface area (Å²) >= 11 is 1.22. The van der Waals surface area contributed by atoms with Crippen LogP contribution >= 0.6 is 11.5 Å². The number of likely N-dealkylation sites (tertiary alicyclic amines) is 1. The standard InChI is InChI=1S/C16H17N3O2S/c1-11-2-4-12(5-3-11)10-19-8-6-14(16(19)21)17-15(20)13-7-9-22-18-13/h2-5,7,9,14H,6,8,10H2,1H3,(H,17,20). The fraction of sp³-hybridized carbons (Fsp3) is 0.312. The number of aromatic nitrogens is 1. The minimum absolute atomic E-state index is 0.0239. The van der Waals surface area contributed by atoms with Crippen LogP contribution in [0.25, 0.3) is 0 Å². The average Bonchev–Trinajstić information content (AvgIpc) is 3.15. The van der Waals surface area contributed by atoms with Gasteiger partial charge in [0.2, 0.25) is 5.91 Å². The smallest absolute Gasteiger partial charge is 0.271 e. The Bertz CT molecular complexity index is 667. The molecular weight excluding hydrogens is 298 g/mol. The zero-order valence-corrected chi connectivity index (χ0v) is 13.1. The maximum atomic E-state index is 12.4. The highest BCUT2D eigenvalue weighted by molar-refractivity contribution is 7.03. The number of benzene rings is 1. The van der Waals surface area contributed by atoms with Crippen molar-refractivity contribution in [2.45, 2.75) is 25.9 Å². The van der Waals surface area contributed by atoms with Gasteiger partial charge in [-0.05, 0) is 36.5 Å². The van der Waals surface area contributed by atoms with E-state index in [0.29, 0.717) is 25.2 Å². The van der Waals surface area contributed by atoms with E-state index in [1.54, 1.807) is 16.3 Å². The highest BCUT2D eigenvalue weighted by Gasteiger charge is 2.33. The molecule has 6 heteroatoms. The molecule has 22 heavy (non-hydrogen) atoms. The van der Waals surface area contributed by atoms with Crippen molar-refractivity contribution in [1.29, 1.82) is 0 Å². The van der Waals surface area contributed by atoms with Crippen molar-refractivity contribution in [3.8, 4) is 0 Å². The third-order valence-electron chi connectivity index (χ3n) is 3.77. The Labute approximate surface area is 133 Å². The minimum Gasteiger partial charge on any atom is -0.339 e. The van der Waals surface area contributed by atoms with E-state index in [-0.39, 0.29) is 11.8 Å². The Morgan fingerprint density at radius 3 is 2.82 bits per heavy atom. The summed E-state index contributed by atoms with van der Waals surface area (Å²) in [6.07, 6.45) is 0.639. The van der Waals surface area contributed by atoms with Gasteiger partial charge in [-0.25, -0.2) is 0 Å². The number of rotatable bonds is 4. The van der Waals surface area contributed by atoms with Gasteiger partial charge in [-0.3, -0.25) is 9.59 Å². The molecule has 3 rings (SSSR count). The normalized spacial score (nSPS) is 17.8. The van der Waals surface area contributed by atoms with Gasteiger partial charge in [-0.15, -0.1) is 0 Å². The average molecular weight is 315 g/mol. The first-order chi connectivity index (χ1) is 10.6. The van der Waals surface area contributed by atoms with Gasteiger partial charge in [0.1, 0.15) is 11.7 Å². The Morgan fingerprint density at radius 2 is 2.14 bits per heavy atom. The van der Waals surface area contributed by atoms with Crippen molar-refractivity contribution in [2.75, 3.05) is 6.54 Å². The zero-order valence-electron chi connectivity index (χ0n) is 12.3. The second kappa shape index (κ2) is 6.27. The van der Waals surface area contributed by atoms with Crippen molar-refractivity contribution in [2.24, 2.45) is 0 Å². The molecule has 0 spiro atoms. The maximum absolute atomic E-state index is 12.4. The number of hydrogen-bond acceptors (Lipinski definition) is 4. The van der Waals surface area contributed by atoms with Gasteiger partial charge < -0.3 is 10.2 Å². The lowest BCUT2D eigenvalue weighted by Gasteiger charge is -2.17.